The van der Waals surface area contributed by atoms with Gasteiger partial charge in [0.25, 0.3) is 0 Å². The summed E-state index contributed by atoms with van der Waals surface area (Å²) < 4.78 is 0. The number of benzene rings is 1. The van der Waals surface area contributed by atoms with Gasteiger partial charge < -0.3 is 16.9 Å². The first-order valence-electron chi connectivity index (χ1n) is 8.84. The second-order valence-corrected chi connectivity index (χ2v) is 6.92. The highest BCUT2D eigenvalue weighted by Crippen LogP contribution is 2.28. The van der Waals surface area contributed by atoms with E-state index in [4.69, 9.17) is 16.9 Å². The van der Waals surface area contributed by atoms with E-state index in [-0.39, 0.29) is 6.04 Å². The van der Waals surface area contributed by atoms with Crippen molar-refractivity contribution in [3.8, 4) is 0 Å². The van der Waals surface area contributed by atoms with Crippen LogP contribution >= 0.6 is 0 Å². The molecular formula is C19H28N6. The molecule has 1 aromatic carbocycles. The molecule has 2 aliphatic heterocycles. The number of aryl methyl sites for hydroxylation is 1. The molecule has 0 aliphatic carbocycles. The van der Waals surface area contributed by atoms with E-state index in [0.29, 0.717) is 5.92 Å². The first kappa shape index (κ1) is 17.5. The van der Waals surface area contributed by atoms with Crippen LogP contribution in [0.5, 0.6) is 0 Å². The molecule has 1 saturated heterocycles. The van der Waals surface area contributed by atoms with Crippen LogP contribution in [0.25, 0.3) is 0 Å². The Morgan fingerprint density at radius 2 is 1.96 bits per heavy atom. The fourth-order valence-electron chi connectivity index (χ4n) is 3.55. The highest BCUT2D eigenvalue weighted by atomic mass is 15.6. The van der Waals surface area contributed by atoms with Gasteiger partial charge in [-0.3, -0.25) is 9.91 Å². The minimum atomic E-state index is 0.274. The number of nitrogens with zero attached hydrogens (tertiary/aromatic N) is 2. The highest BCUT2D eigenvalue weighted by Gasteiger charge is 2.31. The Morgan fingerprint density at radius 1 is 1.28 bits per heavy atom. The van der Waals surface area contributed by atoms with Gasteiger partial charge in [-0.25, -0.2) is 5.43 Å². The monoisotopic (exact) mass is 340 g/mol. The molecular weight excluding hydrogens is 312 g/mol. The minimum absolute atomic E-state index is 0.274. The van der Waals surface area contributed by atoms with Crippen LogP contribution in [-0.2, 0) is 0 Å². The van der Waals surface area contributed by atoms with Crippen LogP contribution in [0.1, 0.15) is 18.4 Å². The molecule has 0 radical (unpaired) electrons. The van der Waals surface area contributed by atoms with E-state index >= 15 is 0 Å². The largest absolute Gasteiger partial charge is 0.404 e. The molecule has 134 valence electrons. The lowest BCUT2D eigenvalue weighted by Crippen LogP contribution is -2.45. The molecule has 3 rings (SSSR count). The molecule has 0 spiro atoms. The predicted molar refractivity (Wildman–Crippen MR) is 103 cm³/mol. The minimum Gasteiger partial charge on any atom is -0.404 e. The molecule has 6 nitrogen and oxygen atoms in total. The maximum Gasteiger partial charge on any atom is 0.116 e. The molecule has 2 aliphatic rings. The summed E-state index contributed by atoms with van der Waals surface area (Å²) in [6, 6.07) is 8.65. The standard InChI is InChI=1S/C19H28N6/c1-14-2-4-17(5-3-14)25-19(22)10-18(23-25)16-6-8-24(9-7-16)13-15(11-20)12-21/h2-5,10-12,16,18,20,23H,6-9,13,21-22H2,1H3/b15-12+,20-11?. The van der Waals surface area contributed by atoms with Gasteiger partial charge in [-0.1, -0.05) is 17.7 Å². The topological polar surface area (TPSA) is 94.4 Å². The zero-order valence-corrected chi connectivity index (χ0v) is 14.8. The average molecular weight is 340 g/mol. The summed E-state index contributed by atoms with van der Waals surface area (Å²) in [5.41, 5.74) is 18.5. The number of anilines is 1. The number of piperidine rings is 1. The lowest BCUT2D eigenvalue weighted by Gasteiger charge is -2.35. The van der Waals surface area contributed by atoms with E-state index in [1.807, 2.05) is 5.01 Å². The first-order valence-corrected chi connectivity index (χ1v) is 8.84. The van der Waals surface area contributed by atoms with Crippen molar-refractivity contribution in [2.75, 3.05) is 24.6 Å². The lowest BCUT2D eigenvalue weighted by atomic mass is 9.89. The Hall–Kier alpha value is -2.31. The SMILES string of the molecule is Cc1ccc(N2NC(C3CCN(C/C(C=N)=C/N)CC3)C=C2N)cc1. The van der Waals surface area contributed by atoms with Gasteiger partial charge in [0.15, 0.2) is 0 Å². The van der Waals surface area contributed by atoms with E-state index in [0.717, 1.165) is 49.6 Å². The molecule has 1 fully saturated rings. The summed E-state index contributed by atoms with van der Waals surface area (Å²) in [5.74, 6) is 1.34. The molecule has 2 heterocycles. The first-order chi connectivity index (χ1) is 12.1. The third-order valence-corrected chi connectivity index (χ3v) is 5.12. The quantitative estimate of drug-likeness (QED) is 0.612. The van der Waals surface area contributed by atoms with Crippen molar-refractivity contribution < 1.29 is 0 Å². The number of likely N-dealkylation sites (tertiary alicyclic amines) is 1. The molecule has 1 unspecified atom stereocenters. The number of hydrazine groups is 1. The smallest absolute Gasteiger partial charge is 0.116 e. The van der Waals surface area contributed by atoms with Gasteiger partial charge in [-0.05, 0) is 68.8 Å². The lowest BCUT2D eigenvalue weighted by molar-refractivity contribution is 0.184. The molecule has 0 aromatic heterocycles. The molecule has 6 heteroatoms. The van der Waals surface area contributed by atoms with Gasteiger partial charge >= 0.3 is 0 Å². The van der Waals surface area contributed by atoms with Crippen molar-refractivity contribution in [1.29, 1.82) is 5.41 Å². The second kappa shape index (κ2) is 7.72. The number of hydrogen-bond acceptors (Lipinski definition) is 6. The summed E-state index contributed by atoms with van der Waals surface area (Å²) in [4.78, 5) is 2.36. The van der Waals surface area contributed by atoms with Crippen molar-refractivity contribution in [1.82, 2.24) is 10.3 Å². The molecule has 1 atom stereocenters. The Morgan fingerprint density at radius 3 is 2.56 bits per heavy atom. The van der Waals surface area contributed by atoms with Crippen LogP contribution in [0.3, 0.4) is 0 Å². The Kier molecular flexibility index (Phi) is 5.40. The van der Waals surface area contributed by atoms with E-state index < -0.39 is 0 Å². The summed E-state index contributed by atoms with van der Waals surface area (Å²) in [6.45, 7) is 4.89. The molecule has 0 amide bonds. The van der Waals surface area contributed by atoms with E-state index in [2.05, 4.69) is 47.6 Å². The van der Waals surface area contributed by atoms with Gasteiger partial charge in [-0.15, -0.1) is 0 Å². The Bertz CT molecular complexity index is 655. The molecule has 0 bridgehead atoms. The summed E-state index contributed by atoms with van der Waals surface area (Å²) in [6.07, 6.45) is 7.23. The maximum atomic E-state index is 7.36. The number of nitrogens with two attached hydrogens (primary N) is 2. The van der Waals surface area contributed by atoms with Crippen molar-refractivity contribution in [2.45, 2.75) is 25.8 Å². The van der Waals surface area contributed by atoms with Gasteiger partial charge in [0, 0.05) is 12.8 Å². The highest BCUT2D eigenvalue weighted by molar-refractivity contribution is 5.75. The molecule has 1 aromatic rings. The summed E-state index contributed by atoms with van der Waals surface area (Å²) >= 11 is 0. The third-order valence-electron chi connectivity index (χ3n) is 5.12. The maximum absolute atomic E-state index is 7.36. The van der Waals surface area contributed by atoms with E-state index in [1.165, 1.54) is 18.0 Å². The van der Waals surface area contributed by atoms with Gasteiger partial charge in [0.2, 0.25) is 0 Å². The van der Waals surface area contributed by atoms with E-state index in [9.17, 15) is 0 Å². The average Bonchev–Trinajstić information content (AvgIpc) is 3.02. The molecule has 6 N–H and O–H groups in total. The van der Waals surface area contributed by atoms with Gasteiger partial charge in [-0.2, -0.15) is 0 Å². The fraction of sp³-hybridized carbons (Fsp3) is 0.421. The van der Waals surface area contributed by atoms with Crippen LogP contribution in [0.2, 0.25) is 0 Å². The number of rotatable bonds is 5. The zero-order chi connectivity index (χ0) is 17.8. The zero-order valence-electron chi connectivity index (χ0n) is 14.8. The number of hydrogen-bond donors (Lipinski definition) is 4. The normalized spacial score (nSPS) is 22.9. The van der Waals surface area contributed by atoms with Crippen LogP contribution < -0.4 is 21.9 Å². The van der Waals surface area contributed by atoms with Crippen molar-refractivity contribution in [3.63, 3.8) is 0 Å². The molecule has 0 saturated carbocycles. The van der Waals surface area contributed by atoms with Gasteiger partial charge in [0.05, 0.1) is 11.7 Å². The fourth-order valence-corrected chi connectivity index (χ4v) is 3.55. The second-order valence-electron chi connectivity index (χ2n) is 6.92. The van der Waals surface area contributed by atoms with Crippen LogP contribution in [0.4, 0.5) is 5.69 Å². The van der Waals surface area contributed by atoms with Crippen molar-refractivity contribution >= 4 is 11.9 Å². The van der Waals surface area contributed by atoms with E-state index in [1.54, 1.807) is 0 Å². The summed E-state index contributed by atoms with van der Waals surface area (Å²) in [7, 11) is 0. The van der Waals surface area contributed by atoms with Crippen LogP contribution in [0, 0.1) is 18.3 Å². The predicted octanol–water partition coefficient (Wildman–Crippen LogP) is 1.69. The summed E-state index contributed by atoms with van der Waals surface area (Å²) in [5, 5.41) is 9.34. The van der Waals surface area contributed by atoms with Crippen molar-refractivity contribution in [2.24, 2.45) is 17.4 Å². The van der Waals surface area contributed by atoms with Crippen LogP contribution in [0.15, 0.2) is 47.9 Å². The number of nitrogens with one attached hydrogen (secondary N) is 2. The van der Waals surface area contributed by atoms with Crippen LogP contribution in [-0.4, -0.2) is 36.8 Å². The Balaban J connectivity index is 1.56. The third kappa shape index (κ3) is 4.03. The Labute approximate surface area is 149 Å². The van der Waals surface area contributed by atoms with Crippen molar-refractivity contribution in [3.05, 3.63) is 53.5 Å². The van der Waals surface area contributed by atoms with Gasteiger partial charge in [0.1, 0.15) is 5.82 Å². The molecule has 25 heavy (non-hydrogen) atoms.